The molecule has 0 bridgehead atoms. The van der Waals surface area contributed by atoms with Crippen molar-refractivity contribution in [1.29, 1.82) is 0 Å². The quantitative estimate of drug-likeness (QED) is 0.361. The molecule has 0 fully saturated rings. The molecule has 1 rings (SSSR count). The molecule has 138 valence electrons. The zero-order valence-corrected chi connectivity index (χ0v) is 17.1. The lowest BCUT2D eigenvalue weighted by Gasteiger charge is -2.17. The highest BCUT2D eigenvalue weighted by Crippen LogP contribution is 2.10. The number of rotatable bonds is 7. The van der Waals surface area contributed by atoms with E-state index < -0.39 is 21.5 Å². The van der Waals surface area contributed by atoms with E-state index in [4.69, 9.17) is 0 Å². The van der Waals surface area contributed by atoms with Gasteiger partial charge in [0.2, 0.25) is 0 Å². The molecule has 1 aromatic rings. The normalized spacial score (nSPS) is 13.1. The Morgan fingerprint density at radius 1 is 1.33 bits per heavy atom. The average molecular weight is 475 g/mol. The van der Waals surface area contributed by atoms with Gasteiger partial charge in [-0.15, -0.1) is 24.0 Å². The maximum atomic E-state index is 13.6. The second kappa shape index (κ2) is 10.8. The predicted molar refractivity (Wildman–Crippen MR) is 104 cm³/mol. The van der Waals surface area contributed by atoms with Crippen LogP contribution in [0, 0.1) is 11.6 Å². The summed E-state index contributed by atoms with van der Waals surface area (Å²) in [6.45, 7) is 4.29. The second-order valence-electron chi connectivity index (χ2n) is 5.39. The molecule has 0 aliphatic heterocycles. The van der Waals surface area contributed by atoms with Gasteiger partial charge >= 0.3 is 0 Å². The molecule has 0 spiro atoms. The lowest BCUT2D eigenvalue weighted by atomic mass is 10.2. The van der Waals surface area contributed by atoms with E-state index in [0.29, 0.717) is 18.9 Å². The first-order valence-corrected chi connectivity index (χ1v) is 9.44. The number of aliphatic imine (C=N–C) groups is 1. The van der Waals surface area contributed by atoms with Crippen molar-refractivity contribution in [2.24, 2.45) is 4.99 Å². The smallest absolute Gasteiger partial charge is 0.191 e. The number of sulfone groups is 1. The first-order chi connectivity index (χ1) is 10.7. The molecule has 1 unspecified atom stereocenters. The van der Waals surface area contributed by atoms with Crippen LogP contribution in [0.4, 0.5) is 8.78 Å². The standard InChI is InChI=1S/C15H23F2N3O2S.HI/c1-4-18-15(20-11(2)7-8-23(3,21)22)19-10-12-9-13(16)5-6-14(12)17;/h5-6,9,11H,4,7-8,10H2,1-3H3,(H2,18,19,20);1H. The van der Waals surface area contributed by atoms with Gasteiger partial charge in [0, 0.05) is 24.4 Å². The summed E-state index contributed by atoms with van der Waals surface area (Å²) in [7, 11) is -3.02. The van der Waals surface area contributed by atoms with E-state index in [1.54, 1.807) is 0 Å². The number of nitrogens with one attached hydrogen (secondary N) is 2. The number of hydrogen-bond acceptors (Lipinski definition) is 3. The summed E-state index contributed by atoms with van der Waals surface area (Å²) >= 11 is 0. The van der Waals surface area contributed by atoms with Crippen LogP contribution in [0.15, 0.2) is 23.2 Å². The van der Waals surface area contributed by atoms with Crippen molar-refractivity contribution in [2.45, 2.75) is 32.9 Å². The molecule has 5 nitrogen and oxygen atoms in total. The number of guanidine groups is 1. The van der Waals surface area contributed by atoms with Gasteiger partial charge in [0.15, 0.2) is 5.96 Å². The van der Waals surface area contributed by atoms with Crippen LogP contribution in [0.3, 0.4) is 0 Å². The molecule has 0 saturated heterocycles. The van der Waals surface area contributed by atoms with Gasteiger partial charge in [-0.3, -0.25) is 0 Å². The highest BCUT2D eigenvalue weighted by molar-refractivity contribution is 14.0. The van der Waals surface area contributed by atoms with Gasteiger partial charge in [0.05, 0.1) is 12.3 Å². The summed E-state index contributed by atoms with van der Waals surface area (Å²) in [6, 6.07) is 3.10. The second-order valence-corrected chi connectivity index (χ2v) is 7.65. The fourth-order valence-corrected chi connectivity index (χ4v) is 2.63. The molecule has 0 saturated carbocycles. The first-order valence-electron chi connectivity index (χ1n) is 7.37. The van der Waals surface area contributed by atoms with E-state index in [-0.39, 0.29) is 47.9 Å². The molecular formula is C15H24F2IN3O2S. The number of nitrogens with zero attached hydrogens (tertiary/aromatic N) is 1. The summed E-state index contributed by atoms with van der Waals surface area (Å²) in [5, 5.41) is 6.04. The van der Waals surface area contributed by atoms with E-state index in [1.165, 1.54) is 6.26 Å². The van der Waals surface area contributed by atoms with E-state index >= 15 is 0 Å². The van der Waals surface area contributed by atoms with Crippen LogP contribution in [0.5, 0.6) is 0 Å². The molecule has 2 N–H and O–H groups in total. The molecular weight excluding hydrogens is 451 g/mol. The fourth-order valence-electron chi connectivity index (χ4n) is 1.85. The van der Waals surface area contributed by atoms with Gasteiger partial charge in [0.1, 0.15) is 21.5 Å². The van der Waals surface area contributed by atoms with Crippen molar-refractivity contribution in [3.05, 3.63) is 35.4 Å². The summed E-state index contributed by atoms with van der Waals surface area (Å²) < 4.78 is 49.1. The van der Waals surface area contributed by atoms with Crippen molar-refractivity contribution >= 4 is 39.8 Å². The molecule has 0 aliphatic rings. The monoisotopic (exact) mass is 475 g/mol. The van der Waals surface area contributed by atoms with Crippen LogP contribution < -0.4 is 10.6 Å². The summed E-state index contributed by atoms with van der Waals surface area (Å²) in [5.74, 6) is -0.539. The molecule has 1 aromatic carbocycles. The third-order valence-electron chi connectivity index (χ3n) is 3.06. The van der Waals surface area contributed by atoms with Crippen molar-refractivity contribution in [3.8, 4) is 0 Å². The summed E-state index contributed by atoms with van der Waals surface area (Å²) in [5.41, 5.74) is 0.158. The minimum atomic E-state index is -3.02. The van der Waals surface area contributed by atoms with Crippen molar-refractivity contribution < 1.29 is 17.2 Å². The van der Waals surface area contributed by atoms with Crippen LogP contribution in [0.1, 0.15) is 25.8 Å². The van der Waals surface area contributed by atoms with E-state index in [2.05, 4.69) is 15.6 Å². The Balaban J connectivity index is 0.00000529. The van der Waals surface area contributed by atoms with E-state index in [1.807, 2.05) is 13.8 Å². The first kappa shape index (κ1) is 23.0. The SMILES string of the molecule is CCNC(=NCc1cc(F)ccc1F)NC(C)CCS(C)(=O)=O.I. The lowest BCUT2D eigenvalue weighted by Crippen LogP contribution is -2.42. The zero-order chi connectivity index (χ0) is 17.5. The van der Waals surface area contributed by atoms with Crippen LogP contribution >= 0.6 is 24.0 Å². The van der Waals surface area contributed by atoms with E-state index in [0.717, 1.165) is 18.2 Å². The molecule has 0 aliphatic carbocycles. The Morgan fingerprint density at radius 3 is 2.58 bits per heavy atom. The zero-order valence-electron chi connectivity index (χ0n) is 14.0. The molecule has 0 radical (unpaired) electrons. The topological polar surface area (TPSA) is 70.6 Å². The van der Waals surface area contributed by atoms with Gasteiger partial charge in [-0.05, 0) is 38.5 Å². The van der Waals surface area contributed by atoms with Gasteiger partial charge in [-0.1, -0.05) is 0 Å². The Morgan fingerprint density at radius 2 is 2.00 bits per heavy atom. The maximum absolute atomic E-state index is 13.6. The largest absolute Gasteiger partial charge is 0.357 e. The minimum absolute atomic E-state index is 0. The van der Waals surface area contributed by atoms with Crippen molar-refractivity contribution in [2.75, 3.05) is 18.6 Å². The van der Waals surface area contributed by atoms with Gasteiger partial charge in [-0.25, -0.2) is 22.2 Å². The highest BCUT2D eigenvalue weighted by atomic mass is 127. The Hall–Kier alpha value is -0.970. The third kappa shape index (κ3) is 9.36. The number of hydrogen-bond donors (Lipinski definition) is 2. The minimum Gasteiger partial charge on any atom is -0.357 e. The Kier molecular flexibility index (Phi) is 10.4. The molecule has 1 atom stereocenters. The van der Waals surface area contributed by atoms with Gasteiger partial charge in [-0.2, -0.15) is 0 Å². The van der Waals surface area contributed by atoms with Crippen LogP contribution in [0.2, 0.25) is 0 Å². The lowest BCUT2D eigenvalue weighted by molar-refractivity contribution is 0.578. The molecule has 0 amide bonds. The summed E-state index contributed by atoms with van der Waals surface area (Å²) in [6.07, 6.45) is 1.61. The van der Waals surface area contributed by atoms with Crippen molar-refractivity contribution in [3.63, 3.8) is 0 Å². The number of halogens is 3. The fraction of sp³-hybridized carbons (Fsp3) is 0.533. The molecule has 0 aromatic heterocycles. The average Bonchev–Trinajstić information content (AvgIpc) is 2.45. The highest BCUT2D eigenvalue weighted by Gasteiger charge is 2.10. The van der Waals surface area contributed by atoms with Crippen LogP contribution in [0.25, 0.3) is 0 Å². The van der Waals surface area contributed by atoms with E-state index in [9.17, 15) is 17.2 Å². The van der Waals surface area contributed by atoms with Crippen LogP contribution in [-0.2, 0) is 16.4 Å². The third-order valence-corrected chi connectivity index (χ3v) is 4.04. The van der Waals surface area contributed by atoms with Crippen LogP contribution in [-0.4, -0.2) is 39.0 Å². The number of benzene rings is 1. The molecule has 9 heteroatoms. The van der Waals surface area contributed by atoms with Gasteiger partial charge in [0.25, 0.3) is 0 Å². The predicted octanol–water partition coefficient (Wildman–Crippen LogP) is 2.46. The molecule has 24 heavy (non-hydrogen) atoms. The van der Waals surface area contributed by atoms with Crippen molar-refractivity contribution in [1.82, 2.24) is 10.6 Å². The van der Waals surface area contributed by atoms with Gasteiger partial charge < -0.3 is 10.6 Å². The molecule has 0 heterocycles. The Labute approximate surface area is 159 Å². The summed E-state index contributed by atoms with van der Waals surface area (Å²) in [4.78, 5) is 4.21. The maximum Gasteiger partial charge on any atom is 0.191 e. The Bertz CT molecular complexity index is 654.